The summed E-state index contributed by atoms with van der Waals surface area (Å²) in [6.45, 7) is 1.20. The van der Waals surface area contributed by atoms with E-state index in [1.807, 2.05) is 0 Å². The van der Waals surface area contributed by atoms with Crippen LogP contribution in [0.5, 0.6) is 5.75 Å². The van der Waals surface area contributed by atoms with Gasteiger partial charge in [-0.3, -0.25) is 0 Å². The number of rotatable bonds is 4. The zero-order chi connectivity index (χ0) is 12.1. The Morgan fingerprint density at radius 3 is 2.56 bits per heavy atom. The van der Waals surface area contributed by atoms with E-state index in [4.69, 9.17) is 10.2 Å². The SMILES string of the molecule is C[C@H](O)[C@@H](O)C=Cc1cccc(O)c1CO. The van der Waals surface area contributed by atoms with Gasteiger partial charge in [0.25, 0.3) is 0 Å². The Morgan fingerprint density at radius 1 is 1.31 bits per heavy atom. The fourth-order valence-corrected chi connectivity index (χ4v) is 1.28. The predicted molar refractivity (Wildman–Crippen MR) is 60.8 cm³/mol. The molecule has 4 heteroatoms. The molecule has 0 amide bonds. The molecule has 1 aromatic rings. The summed E-state index contributed by atoms with van der Waals surface area (Å²) in [6.07, 6.45) is 1.15. The second kappa shape index (κ2) is 5.65. The molecule has 88 valence electrons. The normalized spacial score (nSPS) is 15.2. The number of aliphatic hydroxyl groups is 3. The topological polar surface area (TPSA) is 80.9 Å². The number of aliphatic hydroxyl groups excluding tert-OH is 3. The van der Waals surface area contributed by atoms with Crippen molar-refractivity contribution in [2.75, 3.05) is 0 Å². The van der Waals surface area contributed by atoms with Crippen molar-refractivity contribution in [1.82, 2.24) is 0 Å². The number of hydrogen-bond acceptors (Lipinski definition) is 4. The van der Waals surface area contributed by atoms with E-state index in [2.05, 4.69) is 0 Å². The standard InChI is InChI=1S/C12H16O4/c1-8(14)11(15)6-5-9-3-2-4-12(16)10(9)7-13/h2-6,8,11,13-16H,7H2,1H3/t8-,11-/m0/s1. The molecule has 4 nitrogen and oxygen atoms in total. The lowest BCUT2D eigenvalue weighted by Gasteiger charge is -2.09. The third-order valence-corrected chi connectivity index (χ3v) is 2.31. The Hall–Kier alpha value is -1.36. The Balaban J connectivity index is 2.93. The van der Waals surface area contributed by atoms with E-state index < -0.39 is 12.2 Å². The maximum absolute atomic E-state index is 9.46. The number of aromatic hydroxyl groups is 1. The summed E-state index contributed by atoms with van der Waals surface area (Å²) in [7, 11) is 0. The van der Waals surface area contributed by atoms with Crippen LogP contribution < -0.4 is 0 Å². The summed E-state index contributed by atoms with van der Waals surface area (Å²) in [5, 5.41) is 37.0. The van der Waals surface area contributed by atoms with Crippen LogP contribution in [0.15, 0.2) is 24.3 Å². The van der Waals surface area contributed by atoms with Gasteiger partial charge in [0.2, 0.25) is 0 Å². The van der Waals surface area contributed by atoms with E-state index in [1.54, 1.807) is 18.2 Å². The van der Waals surface area contributed by atoms with E-state index >= 15 is 0 Å². The number of benzene rings is 1. The average Bonchev–Trinajstić information content (AvgIpc) is 2.25. The monoisotopic (exact) mass is 224 g/mol. The van der Waals surface area contributed by atoms with Gasteiger partial charge in [-0.15, -0.1) is 0 Å². The van der Waals surface area contributed by atoms with Crippen molar-refractivity contribution in [2.45, 2.75) is 25.7 Å². The maximum Gasteiger partial charge on any atom is 0.121 e. The first kappa shape index (κ1) is 12.7. The molecule has 0 fully saturated rings. The molecule has 0 aliphatic rings. The van der Waals surface area contributed by atoms with Crippen LogP contribution in [-0.2, 0) is 6.61 Å². The van der Waals surface area contributed by atoms with Gasteiger partial charge >= 0.3 is 0 Å². The molecular formula is C12H16O4. The van der Waals surface area contributed by atoms with Gasteiger partial charge in [0.15, 0.2) is 0 Å². The van der Waals surface area contributed by atoms with Crippen molar-refractivity contribution in [1.29, 1.82) is 0 Å². The summed E-state index contributed by atoms with van der Waals surface area (Å²) in [4.78, 5) is 0. The first-order valence-electron chi connectivity index (χ1n) is 5.02. The van der Waals surface area contributed by atoms with E-state index in [-0.39, 0.29) is 12.4 Å². The fourth-order valence-electron chi connectivity index (χ4n) is 1.28. The minimum absolute atomic E-state index is 0.0104. The summed E-state index contributed by atoms with van der Waals surface area (Å²) < 4.78 is 0. The van der Waals surface area contributed by atoms with E-state index in [0.29, 0.717) is 11.1 Å². The van der Waals surface area contributed by atoms with Crippen LogP contribution in [0, 0.1) is 0 Å². The van der Waals surface area contributed by atoms with Gasteiger partial charge < -0.3 is 20.4 Å². The third-order valence-electron chi connectivity index (χ3n) is 2.31. The lowest BCUT2D eigenvalue weighted by Crippen LogP contribution is -2.19. The molecule has 0 saturated heterocycles. The minimum atomic E-state index is -0.964. The highest BCUT2D eigenvalue weighted by Gasteiger charge is 2.07. The van der Waals surface area contributed by atoms with Crippen molar-refractivity contribution in [3.05, 3.63) is 35.4 Å². The minimum Gasteiger partial charge on any atom is -0.508 e. The van der Waals surface area contributed by atoms with Crippen molar-refractivity contribution in [3.8, 4) is 5.75 Å². The third kappa shape index (κ3) is 3.06. The molecule has 0 radical (unpaired) electrons. The summed E-state index contributed by atoms with van der Waals surface area (Å²) in [5.74, 6) is 0.0104. The van der Waals surface area contributed by atoms with E-state index in [1.165, 1.54) is 19.1 Å². The van der Waals surface area contributed by atoms with Crippen LogP contribution >= 0.6 is 0 Å². The van der Waals surface area contributed by atoms with Crippen molar-refractivity contribution in [2.24, 2.45) is 0 Å². The fraction of sp³-hybridized carbons (Fsp3) is 0.333. The van der Waals surface area contributed by atoms with Gasteiger partial charge in [-0.05, 0) is 18.6 Å². The highest BCUT2D eigenvalue weighted by molar-refractivity contribution is 5.57. The van der Waals surface area contributed by atoms with Crippen molar-refractivity contribution >= 4 is 6.08 Å². The molecule has 1 aromatic carbocycles. The van der Waals surface area contributed by atoms with E-state index in [9.17, 15) is 10.2 Å². The molecule has 2 atom stereocenters. The number of phenols is 1. The molecule has 0 aliphatic carbocycles. The molecule has 0 aromatic heterocycles. The Morgan fingerprint density at radius 2 is 2.00 bits per heavy atom. The Bertz CT molecular complexity index is 371. The van der Waals surface area contributed by atoms with E-state index in [0.717, 1.165) is 0 Å². The van der Waals surface area contributed by atoms with Gasteiger partial charge in [0, 0.05) is 5.56 Å². The predicted octanol–water partition coefficient (Wildman–Crippen LogP) is 0.639. The first-order valence-corrected chi connectivity index (χ1v) is 5.02. The lowest BCUT2D eigenvalue weighted by atomic mass is 10.1. The van der Waals surface area contributed by atoms with Crippen LogP contribution in [0.1, 0.15) is 18.1 Å². The van der Waals surface area contributed by atoms with Gasteiger partial charge in [0.05, 0.1) is 18.8 Å². The van der Waals surface area contributed by atoms with Crippen LogP contribution in [-0.4, -0.2) is 32.6 Å². The summed E-state index contributed by atoms with van der Waals surface area (Å²) in [5.41, 5.74) is 1.01. The maximum atomic E-state index is 9.46. The molecule has 4 N–H and O–H groups in total. The van der Waals surface area contributed by atoms with Crippen LogP contribution in [0.4, 0.5) is 0 Å². The molecule has 0 heterocycles. The second-order valence-corrected chi connectivity index (χ2v) is 3.59. The molecule has 0 saturated carbocycles. The van der Waals surface area contributed by atoms with Crippen molar-refractivity contribution in [3.63, 3.8) is 0 Å². The zero-order valence-electron chi connectivity index (χ0n) is 9.04. The van der Waals surface area contributed by atoms with Crippen molar-refractivity contribution < 1.29 is 20.4 Å². The second-order valence-electron chi connectivity index (χ2n) is 3.59. The van der Waals surface area contributed by atoms with Crippen LogP contribution in [0.25, 0.3) is 6.08 Å². The smallest absolute Gasteiger partial charge is 0.121 e. The van der Waals surface area contributed by atoms with Crippen LogP contribution in [0.3, 0.4) is 0 Å². The summed E-state index contributed by atoms with van der Waals surface area (Å²) in [6, 6.07) is 4.83. The molecular weight excluding hydrogens is 208 g/mol. The quantitative estimate of drug-likeness (QED) is 0.605. The molecule has 1 rings (SSSR count). The lowest BCUT2D eigenvalue weighted by molar-refractivity contribution is 0.0624. The van der Waals surface area contributed by atoms with Gasteiger partial charge in [-0.2, -0.15) is 0 Å². The highest BCUT2D eigenvalue weighted by Crippen LogP contribution is 2.22. The largest absolute Gasteiger partial charge is 0.508 e. The van der Waals surface area contributed by atoms with Gasteiger partial charge in [-0.1, -0.05) is 24.3 Å². The molecule has 0 unspecified atom stereocenters. The number of hydrogen-bond donors (Lipinski definition) is 4. The zero-order valence-corrected chi connectivity index (χ0v) is 9.04. The average molecular weight is 224 g/mol. The molecule has 0 spiro atoms. The highest BCUT2D eigenvalue weighted by atomic mass is 16.3. The first-order chi connectivity index (χ1) is 7.56. The Kier molecular flexibility index (Phi) is 4.49. The van der Waals surface area contributed by atoms with Crippen LogP contribution in [0.2, 0.25) is 0 Å². The molecule has 16 heavy (non-hydrogen) atoms. The summed E-state index contributed by atoms with van der Waals surface area (Å²) >= 11 is 0. The van der Waals surface area contributed by atoms with Gasteiger partial charge in [0.1, 0.15) is 5.75 Å². The van der Waals surface area contributed by atoms with Gasteiger partial charge in [-0.25, -0.2) is 0 Å². The molecule has 0 bridgehead atoms. The Labute approximate surface area is 94.1 Å². The molecule has 0 aliphatic heterocycles.